The highest BCUT2D eigenvalue weighted by molar-refractivity contribution is 5.75. The van der Waals surface area contributed by atoms with Crippen LogP contribution in [0, 0.1) is 17.3 Å². The topological polar surface area (TPSA) is 72.8 Å². The van der Waals surface area contributed by atoms with E-state index in [1.807, 2.05) is 19.1 Å². The fourth-order valence-corrected chi connectivity index (χ4v) is 3.29. The summed E-state index contributed by atoms with van der Waals surface area (Å²) in [6.45, 7) is 6.91. The number of aliphatic carboxylic acids is 1. The molecule has 1 N–H and O–H groups in total. The summed E-state index contributed by atoms with van der Waals surface area (Å²) < 4.78 is 10.4. The molecule has 25 heavy (non-hydrogen) atoms. The summed E-state index contributed by atoms with van der Waals surface area (Å²) >= 11 is 0. The molecule has 1 aliphatic rings. The van der Waals surface area contributed by atoms with Gasteiger partial charge in [0, 0.05) is 11.3 Å². The molecular formula is C20H32O5. The van der Waals surface area contributed by atoms with Crippen LogP contribution in [0.25, 0.3) is 0 Å². The lowest BCUT2D eigenvalue weighted by Crippen LogP contribution is -2.33. The monoisotopic (exact) mass is 352 g/mol. The van der Waals surface area contributed by atoms with Gasteiger partial charge in [-0.25, -0.2) is 4.79 Å². The SMILES string of the molecule is CCCCOC(=O)OCC(CCC)C1(CCC)C=CC(C(=O)O)C=C1. The molecular weight excluding hydrogens is 320 g/mol. The standard InChI is InChI=1S/C20H32O5/c1-4-7-14-24-19(23)25-15-17(8-5-2)20(11-6-3)12-9-16(10-13-20)18(21)22/h9-10,12-13,16-17H,4-8,11,14-15H2,1-3H3,(H,21,22). The molecule has 1 aliphatic carbocycles. The number of hydrogen-bond donors (Lipinski definition) is 1. The molecule has 1 atom stereocenters. The summed E-state index contributed by atoms with van der Waals surface area (Å²) in [7, 11) is 0. The van der Waals surface area contributed by atoms with Gasteiger partial charge in [-0.3, -0.25) is 4.79 Å². The molecule has 0 aromatic carbocycles. The van der Waals surface area contributed by atoms with Gasteiger partial charge in [-0.1, -0.05) is 64.3 Å². The van der Waals surface area contributed by atoms with Gasteiger partial charge >= 0.3 is 12.1 Å². The van der Waals surface area contributed by atoms with Gasteiger partial charge in [0.25, 0.3) is 0 Å². The van der Waals surface area contributed by atoms with Crippen LogP contribution in [0.4, 0.5) is 4.79 Å². The van der Waals surface area contributed by atoms with Crippen LogP contribution < -0.4 is 0 Å². The Labute approximate surface area is 151 Å². The summed E-state index contributed by atoms with van der Waals surface area (Å²) in [5.74, 6) is -1.31. The maximum Gasteiger partial charge on any atom is 0.508 e. The van der Waals surface area contributed by atoms with E-state index in [-0.39, 0.29) is 17.9 Å². The third-order valence-electron chi connectivity index (χ3n) is 4.71. The maximum absolute atomic E-state index is 11.8. The van der Waals surface area contributed by atoms with Crippen LogP contribution in [0.5, 0.6) is 0 Å². The van der Waals surface area contributed by atoms with E-state index >= 15 is 0 Å². The van der Waals surface area contributed by atoms with Crippen molar-refractivity contribution in [2.75, 3.05) is 13.2 Å². The lowest BCUT2D eigenvalue weighted by molar-refractivity contribution is -0.138. The Hall–Kier alpha value is -1.78. The van der Waals surface area contributed by atoms with Crippen LogP contribution in [0.2, 0.25) is 0 Å². The third kappa shape index (κ3) is 6.56. The molecule has 0 spiro atoms. The smallest absolute Gasteiger partial charge is 0.481 e. The van der Waals surface area contributed by atoms with Crippen LogP contribution in [0.3, 0.4) is 0 Å². The molecule has 0 fully saturated rings. The van der Waals surface area contributed by atoms with E-state index in [2.05, 4.69) is 13.8 Å². The molecule has 0 aromatic heterocycles. The van der Waals surface area contributed by atoms with Gasteiger partial charge in [0.2, 0.25) is 0 Å². The highest BCUT2D eigenvalue weighted by atomic mass is 16.7. The third-order valence-corrected chi connectivity index (χ3v) is 4.71. The second kappa shape index (κ2) is 11.0. The molecule has 0 aromatic rings. The Morgan fingerprint density at radius 3 is 2.28 bits per heavy atom. The summed E-state index contributed by atoms with van der Waals surface area (Å²) in [5, 5.41) is 9.17. The fourth-order valence-electron chi connectivity index (χ4n) is 3.29. The molecule has 0 radical (unpaired) electrons. The van der Waals surface area contributed by atoms with Crippen molar-refractivity contribution in [2.24, 2.45) is 17.3 Å². The molecule has 0 saturated carbocycles. The minimum atomic E-state index is -0.847. The zero-order valence-corrected chi connectivity index (χ0v) is 15.7. The second-order valence-corrected chi connectivity index (χ2v) is 6.69. The number of carboxylic acid groups (broad SMARTS) is 1. The predicted molar refractivity (Wildman–Crippen MR) is 97.4 cm³/mol. The van der Waals surface area contributed by atoms with Crippen LogP contribution in [0.1, 0.15) is 59.3 Å². The Bertz CT molecular complexity index is 466. The number of hydrogen-bond acceptors (Lipinski definition) is 4. The number of ether oxygens (including phenoxy) is 2. The van der Waals surface area contributed by atoms with E-state index in [0.29, 0.717) is 6.61 Å². The molecule has 0 heterocycles. The first-order valence-corrected chi connectivity index (χ1v) is 9.40. The zero-order chi connectivity index (χ0) is 18.7. The molecule has 1 unspecified atom stereocenters. The molecule has 142 valence electrons. The van der Waals surface area contributed by atoms with Crippen LogP contribution >= 0.6 is 0 Å². The Morgan fingerprint density at radius 2 is 1.76 bits per heavy atom. The Morgan fingerprint density at radius 1 is 1.08 bits per heavy atom. The maximum atomic E-state index is 11.8. The Kier molecular flexibility index (Phi) is 9.32. The average molecular weight is 352 g/mol. The summed E-state index contributed by atoms with van der Waals surface area (Å²) in [6, 6.07) is 0. The minimum Gasteiger partial charge on any atom is -0.481 e. The normalized spacial score (nSPS) is 23.2. The minimum absolute atomic E-state index is 0.110. The number of unbranched alkanes of at least 4 members (excludes halogenated alkanes) is 1. The first kappa shape index (κ1) is 21.3. The summed E-state index contributed by atoms with van der Waals surface area (Å²) in [6.07, 6.45) is 12.4. The van der Waals surface area contributed by atoms with Crippen molar-refractivity contribution in [1.29, 1.82) is 0 Å². The van der Waals surface area contributed by atoms with Crippen molar-refractivity contribution in [1.82, 2.24) is 0 Å². The lowest BCUT2D eigenvalue weighted by Gasteiger charge is -2.38. The molecule has 1 rings (SSSR count). The summed E-state index contributed by atoms with van der Waals surface area (Å²) in [5.41, 5.74) is -0.263. The number of carbonyl (C=O) groups is 2. The first-order valence-electron chi connectivity index (χ1n) is 9.40. The number of allylic oxidation sites excluding steroid dienone is 2. The quantitative estimate of drug-likeness (QED) is 0.323. The van der Waals surface area contributed by atoms with Gasteiger partial charge < -0.3 is 14.6 Å². The van der Waals surface area contributed by atoms with Crippen molar-refractivity contribution in [3.63, 3.8) is 0 Å². The van der Waals surface area contributed by atoms with E-state index < -0.39 is 18.0 Å². The zero-order valence-electron chi connectivity index (χ0n) is 15.7. The fraction of sp³-hybridized carbons (Fsp3) is 0.700. The van der Waals surface area contributed by atoms with Crippen LogP contribution in [-0.4, -0.2) is 30.4 Å². The van der Waals surface area contributed by atoms with E-state index in [1.165, 1.54) is 0 Å². The van der Waals surface area contributed by atoms with E-state index in [0.717, 1.165) is 38.5 Å². The van der Waals surface area contributed by atoms with Crippen molar-refractivity contribution >= 4 is 12.1 Å². The molecule has 0 aliphatic heterocycles. The number of rotatable bonds is 11. The molecule has 0 saturated heterocycles. The predicted octanol–water partition coefficient (Wildman–Crippen LogP) is 4.97. The van der Waals surface area contributed by atoms with Crippen molar-refractivity contribution in [3.05, 3.63) is 24.3 Å². The first-order chi connectivity index (χ1) is 12.0. The van der Waals surface area contributed by atoms with E-state index in [4.69, 9.17) is 9.47 Å². The summed E-state index contributed by atoms with van der Waals surface area (Å²) in [4.78, 5) is 22.9. The molecule has 5 nitrogen and oxygen atoms in total. The van der Waals surface area contributed by atoms with Gasteiger partial charge in [-0.15, -0.1) is 0 Å². The number of carbonyl (C=O) groups excluding carboxylic acids is 1. The average Bonchev–Trinajstić information content (AvgIpc) is 2.59. The highest BCUT2D eigenvalue weighted by Crippen LogP contribution is 2.42. The highest BCUT2D eigenvalue weighted by Gasteiger charge is 2.36. The van der Waals surface area contributed by atoms with Gasteiger partial charge in [-0.2, -0.15) is 0 Å². The van der Waals surface area contributed by atoms with Gasteiger partial charge in [-0.05, 0) is 19.3 Å². The van der Waals surface area contributed by atoms with Crippen LogP contribution in [0.15, 0.2) is 24.3 Å². The molecule has 0 amide bonds. The van der Waals surface area contributed by atoms with Crippen molar-refractivity contribution in [3.8, 4) is 0 Å². The van der Waals surface area contributed by atoms with Crippen LogP contribution in [-0.2, 0) is 14.3 Å². The van der Waals surface area contributed by atoms with Crippen molar-refractivity contribution < 1.29 is 24.2 Å². The second-order valence-electron chi connectivity index (χ2n) is 6.69. The largest absolute Gasteiger partial charge is 0.508 e. The number of carboxylic acids is 1. The lowest BCUT2D eigenvalue weighted by atomic mass is 9.68. The molecule has 0 bridgehead atoms. The Balaban J connectivity index is 2.78. The molecule has 5 heteroatoms. The van der Waals surface area contributed by atoms with Gasteiger partial charge in [0.15, 0.2) is 0 Å². The van der Waals surface area contributed by atoms with Crippen molar-refractivity contribution in [2.45, 2.75) is 59.3 Å². The van der Waals surface area contributed by atoms with E-state index in [1.54, 1.807) is 12.2 Å². The van der Waals surface area contributed by atoms with Gasteiger partial charge in [0.1, 0.15) is 0 Å². The van der Waals surface area contributed by atoms with Gasteiger partial charge in [0.05, 0.1) is 19.1 Å². The van der Waals surface area contributed by atoms with E-state index in [9.17, 15) is 14.7 Å².